The number of hydrogen-bond donors (Lipinski definition) is 1. The molecule has 0 amide bonds. The number of nitrogens with zero attached hydrogens (tertiary/aromatic N) is 1. The highest BCUT2D eigenvalue weighted by Gasteiger charge is 2.23. The molecule has 0 spiro atoms. The summed E-state index contributed by atoms with van der Waals surface area (Å²) in [7, 11) is -2.49. The lowest BCUT2D eigenvalue weighted by Crippen LogP contribution is -2.33. The van der Waals surface area contributed by atoms with Crippen molar-refractivity contribution in [1.29, 1.82) is 0 Å². The summed E-state index contributed by atoms with van der Waals surface area (Å²) in [6, 6.07) is 5.95. The lowest BCUT2D eigenvalue weighted by molar-refractivity contribution is -0.143. The number of nitrogens with two attached hydrogens (primary N) is 1. The summed E-state index contributed by atoms with van der Waals surface area (Å²) in [6.07, 6.45) is 0. The maximum Gasteiger partial charge on any atom is 0.321 e. The van der Waals surface area contributed by atoms with Crippen molar-refractivity contribution in [3.63, 3.8) is 0 Å². The Kier molecular flexibility index (Phi) is 5.61. The third kappa shape index (κ3) is 3.99. The smallest absolute Gasteiger partial charge is 0.321 e. The Morgan fingerprint density at radius 1 is 1.45 bits per heavy atom. The van der Waals surface area contributed by atoms with Gasteiger partial charge in [-0.15, -0.1) is 0 Å². The van der Waals surface area contributed by atoms with E-state index in [1.807, 2.05) is 0 Å². The Morgan fingerprint density at radius 2 is 2.10 bits per heavy atom. The molecule has 1 aromatic rings. The molecule has 0 fully saturated rings. The average molecular weight is 316 g/mol. The molecule has 0 saturated heterocycles. The molecule has 0 aliphatic carbocycles. The molecule has 0 radical (unpaired) electrons. The van der Waals surface area contributed by atoms with Crippen LogP contribution in [-0.2, 0) is 19.6 Å². The molecule has 0 atom stereocenters. The zero-order chi connectivity index (χ0) is 15.3. The monoisotopic (exact) mass is 316 g/mol. The van der Waals surface area contributed by atoms with Gasteiger partial charge in [-0.1, -0.05) is 24.4 Å². The molecular weight excluding hydrogens is 300 g/mol. The van der Waals surface area contributed by atoms with Crippen molar-refractivity contribution in [2.45, 2.75) is 11.8 Å². The second-order valence-corrected chi connectivity index (χ2v) is 6.44. The number of carbonyl (C=O) groups excluding carboxylic acids is 1. The first-order valence-corrected chi connectivity index (χ1v) is 7.65. The van der Waals surface area contributed by atoms with Crippen molar-refractivity contribution in [2.75, 3.05) is 20.2 Å². The van der Waals surface area contributed by atoms with E-state index in [1.54, 1.807) is 19.1 Å². The topological polar surface area (TPSA) is 89.7 Å². The number of benzene rings is 1. The van der Waals surface area contributed by atoms with Crippen LogP contribution in [0.3, 0.4) is 0 Å². The number of thiocarbonyl (C=S) groups is 1. The third-order valence-corrected chi connectivity index (χ3v) is 4.52. The summed E-state index contributed by atoms with van der Waals surface area (Å²) in [5.41, 5.74) is 5.92. The van der Waals surface area contributed by atoms with Crippen LogP contribution in [-0.4, -0.2) is 43.9 Å². The number of carbonyl (C=O) groups is 1. The largest absolute Gasteiger partial charge is 0.465 e. The highest BCUT2D eigenvalue weighted by molar-refractivity contribution is 7.89. The summed E-state index contributed by atoms with van der Waals surface area (Å²) in [4.78, 5) is 11.5. The van der Waals surface area contributed by atoms with Gasteiger partial charge in [0.05, 0.1) is 11.5 Å². The normalized spacial score (nSPS) is 11.3. The summed E-state index contributed by atoms with van der Waals surface area (Å²) >= 11 is 4.81. The highest BCUT2D eigenvalue weighted by Crippen LogP contribution is 2.16. The van der Waals surface area contributed by atoms with E-state index in [-0.39, 0.29) is 23.0 Å². The van der Waals surface area contributed by atoms with Crippen molar-refractivity contribution >= 4 is 33.2 Å². The zero-order valence-electron chi connectivity index (χ0n) is 11.2. The van der Waals surface area contributed by atoms with Gasteiger partial charge in [-0.05, 0) is 19.1 Å². The van der Waals surface area contributed by atoms with Gasteiger partial charge in [0.1, 0.15) is 11.5 Å². The number of sulfonamides is 1. The molecule has 8 heteroatoms. The first kappa shape index (κ1) is 16.5. The van der Waals surface area contributed by atoms with Crippen molar-refractivity contribution < 1.29 is 17.9 Å². The predicted octanol–water partition coefficient (Wildman–Crippen LogP) is 0.504. The Hall–Kier alpha value is -1.51. The number of likely N-dealkylation sites (N-methyl/N-ethyl adjacent to an activating group) is 1. The predicted molar refractivity (Wildman–Crippen MR) is 78.8 cm³/mol. The molecule has 6 nitrogen and oxygen atoms in total. The highest BCUT2D eigenvalue weighted by atomic mass is 32.2. The van der Waals surface area contributed by atoms with Crippen LogP contribution >= 0.6 is 12.2 Å². The van der Waals surface area contributed by atoms with E-state index in [9.17, 15) is 13.2 Å². The van der Waals surface area contributed by atoms with Gasteiger partial charge in [0, 0.05) is 12.6 Å². The second kappa shape index (κ2) is 6.78. The summed E-state index contributed by atoms with van der Waals surface area (Å²) < 4.78 is 30.2. The number of ether oxygens (including phenoxy) is 1. The summed E-state index contributed by atoms with van der Waals surface area (Å²) in [6.45, 7) is 1.50. The van der Waals surface area contributed by atoms with E-state index in [4.69, 9.17) is 22.7 Å². The Morgan fingerprint density at radius 3 is 2.65 bits per heavy atom. The van der Waals surface area contributed by atoms with Crippen LogP contribution in [0.25, 0.3) is 0 Å². The van der Waals surface area contributed by atoms with Crippen LogP contribution in [0, 0.1) is 0 Å². The fourth-order valence-electron chi connectivity index (χ4n) is 1.46. The van der Waals surface area contributed by atoms with Gasteiger partial charge in [-0.25, -0.2) is 8.42 Å². The lowest BCUT2D eigenvalue weighted by atomic mass is 10.2. The van der Waals surface area contributed by atoms with Crippen molar-refractivity contribution in [3.8, 4) is 0 Å². The molecule has 0 unspecified atom stereocenters. The summed E-state index contributed by atoms with van der Waals surface area (Å²) in [5, 5.41) is 0. The van der Waals surface area contributed by atoms with Crippen LogP contribution in [0.4, 0.5) is 0 Å². The molecule has 2 N–H and O–H groups in total. The first-order valence-electron chi connectivity index (χ1n) is 5.81. The van der Waals surface area contributed by atoms with E-state index >= 15 is 0 Å². The van der Waals surface area contributed by atoms with Crippen molar-refractivity contribution in [1.82, 2.24) is 4.31 Å². The lowest BCUT2D eigenvalue weighted by Gasteiger charge is -2.16. The molecule has 0 heterocycles. The maximum atomic E-state index is 12.3. The molecule has 1 aromatic carbocycles. The SMILES string of the molecule is CCOC(=O)CN(C)S(=O)(=O)c1cccc(C(N)=S)c1. The fourth-order valence-corrected chi connectivity index (χ4v) is 2.75. The van der Waals surface area contributed by atoms with Crippen LogP contribution in [0.15, 0.2) is 29.2 Å². The van der Waals surface area contributed by atoms with Crippen molar-refractivity contribution in [3.05, 3.63) is 29.8 Å². The Balaban J connectivity index is 3.01. The molecule has 110 valence electrons. The standard InChI is InChI=1S/C12H16N2O4S2/c1-3-18-11(15)8-14(2)20(16,17)10-6-4-5-9(7-10)12(13)19/h4-7H,3,8H2,1-2H3,(H2,13,19). The van der Waals surface area contributed by atoms with E-state index in [0.29, 0.717) is 5.56 Å². The maximum absolute atomic E-state index is 12.3. The molecule has 1 rings (SSSR count). The van der Waals surface area contributed by atoms with Gasteiger partial charge in [-0.2, -0.15) is 4.31 Å². The van der Waals surface area contributed by atoms with Gasteiger partial charge >= 0.3 is 5.97 Å². The van der Waals surface area contributed by atoms with Crippen LogP contribution in [0.5, 0.6) is 0 Å². The van der Waals surface area contributed by atoms with Gasteiger partial charge < -0.3 is 10.5 Å². The molecular formula is C12H16N2O4S2. The van der Waals surface area contributed by atoms with E-state index < -0.39 is 16.0 Å². The number of hydrogen-bond acceptors (Lipinski definition) is 5. The molecule has 20 heavy (non-hydrogen) atoms. The van der Waals surface area contributed by atoms with Crippen molar-refractivity contribution in [2.24, 2.45) is 5.73 Å². The first-order chi connectivity index (χ1) is 9.28. The van der Waals surface area contributed by atoms with Gasteiger partial charge in [0.15, 0.2) is 0 Å². The molecule has 0 aliphatic heterocycles. The van der Waals surface area contributed by atoms with Crippen LogP contribution in [0.1, 0.15) is 12.5 Å². The number of esters is 1. The quantitative estimate of drug-likeness (QED) is 0.607. The number of rotatable bonds is 6. The van der Waals surface area contributed by atoms with Crippen LogP contribution in [0.2, 0.25) is 0 Å². The minimum Gasteiger partial charge on any atom is -0.465 e. The van der Waals surface area contributed by atoms with Crippen LogP contribution < -0.4 is 5.73 Å². The molecule has 0 bridgehead atoms. The zero-order valence-corrected chi connectivity index (χ0v) is 12.8. The Bertz CT molecular complexity index is 614. The van der Waals surface area contributed by atoms with Gasteiger partial charge in [-0.3, -0.25) is 4.79 Å². The molecule has 0 aliphatic rings. The van der Waals surface area contributed by atoms with E-state index in [1.165, 1.54) is 19.2 Å². The molecule has 0 aromatic heterocycles. The second-order valence-electron chi connectivity index (χ2n) is 3.96. The van der Waals surface area contributed by atoms with Gasteiger partial charge in [0.25, 0.3) is 0 Å². The minimum atomic E-state index is -3.79. The van der Waals surface area contributed by atoms with E-state index in [0.717, 1.165) is 4.31 Å². The average Bonchev–Trinajstić information content (AvgIpc) is 2.38. The third-order valence-electron chi connectivity index (χ3n) is 2.48. The summed E-state index contributed by atoms with van der Waals surface area (Å²) in [5.74, 6) is -0.607. The Labute approximate surface area is 123 Å². The van der Waals surface area contributed by atoms with Gasteiger partial charge in [0.2, 0.25) is 10.0 Å². The molecule has 0 saturated carbocycles. The fraction of sp³-hybridized carbons (Fsp3) is 0.333. The van der Waals surface area contributed by atoms with E-state index in [2.05, 4.69) is 0 Å². The minimum absolute atomic E-state index is 0.0228.